The molecule has 4 heterocycles. The highest BCUT2D eigenvalue weighted by Crippen LogP contribution is 2.34. The second kappa shape index (κ2) is 7.85. The van der Waals surface area contributed by atoms with Crippen LogP contribution in [0.25, 0.3) is 11.7 Å². The van der Waals surface area contributed by atoms with Crippen LogP contribution in [0.3, 0.4) is 0 Å². The van der Waals surface area contributed by atoms with Gasteiger partial charge in [0.25, 0.3) is 5.91 Å². The molecule has 4 rings (SSSR count). The minimum absolute atomic E-state index is 0.0151. The molecular weight excluding hydrogens is 352 g/mol. The van der Waals surface area contributed by atoms with E-state index in [1.165, 1.54) is 24.6 Å². The summed E-state index contributed by atoms with van der Waals surface area (Å²) >= 11 is 3.56. The summed E-state index contributed by atoms with van der Waals surface area (Å²) in [7, 11) is 0. The number of carbonyl (C=O) groups is 1. The lowest BCUT2D eigenvalue weighted by Crippen LogP contribution is -2.29. The fourth-order valence-corrected chi connectivity index (χ4v) is 5.39. The van der Waals surface area contributed by atoms with Crippen molar-refractivity contribution in [1.82, 2.24) is 20.0 Å². The molecule has 0 aromatic carbocycles. The summed E-state index contributed by atoms with van der Waals surface area (Å²) in [6.45, 7) is 3.02. The van der Waals surface area contributed by atoms with Gasteiger partial charge in [0, 0.05) is 11.8 Å². The molecule has 0 unspecified atom stereocenters. The molecule has 1 saturated heterocycles. The van der Waals surface area contributed by atoms with E-state index in [9.17, 15) is 4.79 Å². The topological polar surface area (TPSA) is 58.4 Å². The monoisotopic (exact) mass is 374 g/mol. The lowest BCUT2D eigenvalue weighted by Gasteiger charge is -2.22. The van der Waals surface area contributed by atoms with Crippen LogP contribution in [0.1, 0.15) is 25.0 Å². The molecule has 0 saturated carbocycles. The SMILES string of the molecule is O=C(NCCCSC1CCNCC1)C1=Cc2cnc3cccc(n23)S1. The molecular formula is C18H22N4OS2. The molecule has 1 amide bonds. The van der Waals surface area contributed by atoms with Crippen molar-refractivity contribution < 1.29 is 4.79 Å². The number of carbonyl (C=O) groups excluding carboxylic acids is 1. The number of pyridine rings is 1. The average Bonchev–Trinajstić information content (AvgIpc) is 3.07. The summed E-state index contributed by atoms with van der Waals surface area (Å²) in [5.74, 6) is 1.13. The summed E-state index contributed by atoms with van der Waals surface area (Å²) in [4.78, 5) is 17.6. The van der Waals surface area contributed by atoms with Crippen molar-refractivity contribution in [3.05, 3.63) is 35.0 Å². The van der Waals surface area contributed by atoms with E-state index in [4.69, 9.17) is 0 Å². The third-order valence-electron chi connectivity index (χ3n) is 4.48. The van der Waals surface area contributed by atoms with Crippen LogP contribution in [-0.4, -0.2) is 45.9 Å². The quantitative estimate of drug-likeness (QED) is 0.762. The summed E-state index contributed by atoms with van der Waals surface area (Å²) in [5.41, 5.74) is 1.89. The largest absolute Gasteiger partial charge is 0.352 e. The first-order chi connectivity index (χ1) is 12.3. The van der Waals surface area contributed by atoms with Gasteiger partial charge in [0.15, 0.2) is 0 Å². The van der Waals surface area contributed by atoms with E-state index in [0.29, 0.717) is 0 Å². The van der Waals surface area contributed by atoms with Crippen LogP contribution in [0.2, 0.25) is 0 Å². The third kappa shape index (κ3) is 3.88. The molecule has 2 aliphatic rings. The van der Waals surface area contributed by atoms with Gasteiger partial charge in [-0.25, -0.2) is 4.98 Å². The van der Waals surface area contributed by atoms with Crippen molar-refractivity contribution in [3.63, 3.8) is 0 Å². The molecule has 2 aromatic heterocycles. The Balaban J connectivity index is 1.27. The zero-order valence-electron chi connectivity index (χ0n) is 14.0. The fourth-order valence-electron chi connectivity index (χ4n) is 3.17. The maximum atomic E-state index is 12.5. The van der Waals surface area contributed by atoms with Gasteiger partial charge in [-0.2, -0.15) is 11.8 Å². The Labute approximate surface area is 156 Å². The highest BCUT2D eigenvalue weighted by Gasteiger charge is 2.19. The van der Waals surface area contributed by atoms with E-state index in [0.717, 1.165) is 58.3 Å². The number of piperidine rings is 1. The highest BCUT2D eigenvalue weighted by atomic mass is 32.2. The van der Waals surface area contributed by atoms with E-state index in [1.807, 2.05) is 30.5 Å². The number of thioether (sulfide) groups is 2. The molecule has 2 aromatic rings. The van der Waals surface area contributed by atoms with Gasteiger partial charge >= 0.3 is 0 Å². The summed E-state index contributed by atoms with van der Waals surface area (Å²) < 4.78 is 2.08. The van der Waals surface area contributed by atoms with Crippen molar-refractivity contribution in [2.75, 3.05) is 25.4 Å². The fraction of sp³-hybridized carbons (Fsp3) is 0.444. The van der Waals surface area contributed by atoms with Crippen LogP contribution < -0.4 is 10.6 Å². The molecule has 0 spiro atoms. The lowest BCUT2D eigenvalue weighted by atomic mass is 10.2. The van der Waals surface area contributed by atoms with Crippen molar-refractivity contribution in [1.29, 1.82) is 0 Å². The molecule has 2 N–H and O–H groups in total. The smallest absolute Gasteiger partial charge is 0.258 e. The highest BCUT2D eigenvalue weighted by molar-refractivity contribution is 8.04. The van der Waals surface area contributed by atoms with Crippen LogP contribution in [0.15, 0.2) is 34.3 Å². The first kappa shape index (κ1) is 17.0. The Bertz CT molecular complexity index is 795. The zero-order chi connectivity index (χ0) is 17.1. The molecule has 0 aliphatic carbocycles. The van der Waals surface area contributed by atoms with Gasteiger partial charge in [0.05, 0.1) is 21.8 Å². The number of hydrogen-bond acceptors (Lipinski definition) is 5. The number of imidazole rings is 1. The number of nitrogens with zero attached hydrogens (tertiary/aromatic N) is 2. The molecule has 7 heteroatoms. The van der Waals surface area contributed by atoms with E-state index < -0.39 is 0 Å². The molecule has 0 radical (unpaired) electrons. The van der Waals surface area contributed by atoms with Crippen LogP contribution in [0, 0.1) is 0 Å². The second-order valence-corrected chi connectivity index (χ2v) is 8.75. The Morgan fingerprint density at radius 2 is 2.28 bits per heavy atom. The predicted molar refractivity (Wildman–Crippen MR) is 105 cm³/mol. The van der Waals surface area contributed by atoms with Gasteiger partial charge < -0.3 is 10.6 Å². The van der Waals surface area contributed by atoms with Gasteiger partial charge in [-0.05, 0) is 56.3 Å². The summed E-state index contributed by atoms with van der Waals surface area (Å²) in [6, 6.07) is 5.98. The zero-order valence-corrected chi connectivity index (χ0v) is 15.7. The van der Waals surface area contributed by atoms with Gasteiger partial charge in [-0.15, -0.1) is 0 Å². The number of nitrogens with one attached hydrogen (secondary N) is 2. The Kier molecular flexibility index (Phi) is 5.33. The summed E-state index contributed by atoms with van der Waals surface area (Å²) in [6.07, 6.45) is 7.30. The van der Waals surface area contributed by atoms with Crippen LogP contribution >= 0.6 is 23.5 Å². The summed E-state index contributed by atoms with van der Waals surface area (Å²) in [5, 5.41) is 8.28. The van der Waals surface area contributed by atoms with Crippen LogP contribution in [0.5, 0.6) is 0 Å². The maximum absolute atomic E-state index is 12.5. The first-order valence-corrected chi connectivity index (χ1v) is 10.6. The van der Waals surface area contributed by atoms with E-state index in [1.54, 1.807) is 0 Å². The molecule has 2 aliphatic heterocycles. The van der Waals surface area contributed by atoms with E-state index in [-0.39, 0.29) is 5.91 Å². The Morgan fingerprint density at radius 3 is 3.16 bits per heavy atom. The Morgan fingerprint density at radius 1 is 1.40 bits per heavy atom. The number of aromatic nitrogens is 2. The van der Waals surface area contributed by atoms with Gasteiger partial charge in [0.1, 0.15) is 5.65 Å². The average molecular weight is 375 g/mol. The predicted octanol–water partition coefficient (Wildman–Crippen LogP) is 2.77. The number of rotatable bonds is 6. The first-order valence-electron chi connectivity index (χ1n) is 8.78. The lowest BCUT2D eigenvalue weighted by molar-refractivity contribution is -0.116. The molecule has 132 valence electrons. The number of hydrogen-bond donors (Lipinski definition) is 2. The minimum Gasteiger partial charge on any atom is -0.352 e. The van der Waals surface area contributed by atoms with Crippen LogP contribution in [-0.2, 0) is 4.79 Å². The van der Waals surface area contributed by atoms with Crippen molar-refractivity contribution in [2.24, 2.45) is 0 Å². The van der Waals surface area contributed by atoms with Gasteiger partial charge in [0.2, 0.25) is 0 Å². The molecule has 25 heavy (non-hydrogen) atoms. The van der Waals surface area contributed by atoms with Gasteiger partial charge in [-0.3, -0.25) is 9.20 Å². The third-order valence-corrected chi connectivity index (χ3v) is 7.00. The van der Waals surface area contributed by atoms with Crippen molar-refractivity contribution in [3.8, 4) is 0 Å². The van der Waals surface area contributed by atoms with Crippen molar-refractivity contribution in [2.45, 2.75) is 29.5 Å². The molecule has 5 nitrogen and oxygen atoms in total. The van der Waals surface area contributed by atoms with Gasteiger partial charge in [-0.1, -0.05) is 17.8 Å². The molecule has 0 atom stereocenters. The normalized spacial score (nSPS) is 17.5. The van der Waals surface area contributed by atoms with Crippen molar-refractivity contribution >= 4 is 41.2 Å². The standard InChI is InChI=1S/C18H22N4OS2/c23-18(20-7-2-10-24-14-5-8-19-9-6-14)15-11-13-12-21-16-3-1-4-17(25-15)22(13)16/h1,3-4,11-12,14,19H,2,5-10H2,(H,20,23). The maximum Gasteiger partial charge on any atom is 0.258 e. The van der Waals surface area contributed by atoms with E-state index >= 15 is 0 Å². The molecule has 1 fully saturated rings. The Hall–Kier alpha value is -1.44. The number of amides is 1. The van der Waals surface area contributed by atoms with Crippen LogP contribution in [0.4, 0.5) is 0 Å². The van der Waals surface area contributed by atoms with E-state index in [2.05, 4.69) is 31.8 Å². The second-order valence-electron chi connectivity index (χ2n) is 6.28. The molecule has 0 bridgehead atoms. The minimum atomic E-state index is 0.0151.